The fourth-order valence-corrected chi connectivity index (χ4v) is 1.90. The van der Waals surface area contributed by atoms with Crippen LogP contribution in [0.4, 0.5) is 4.32 Å². The third-order valence-electron chi connectivity index (χ3n) is 2.90. The van der Waals surface area contributed by atoms with E-state index in [1.165, 1.54) is 44.9 Å². The van der Waals surface area contributed by atoms with Gasteiger partial charge in [-0.25, -0.2) is 0 Å². The molecule has 0 N–H and O–H groups in total. The zero-order valence-corrected chi connectivity index (χ0v) is 10.9. The van der Waals surface area contributed by atoms with Crippen molar-refractivity contribution in [2.24, 2.45) is 5.92 Å². The summed E-state index contributed by atoms with van der Waals surface area (Å²) in [5.41, 5.74) is 0. The molecule has 0 bridgehead atoms. The van der Waals surface area contributed by atoms with Gasteiger partial charge in [0.15, 0.2) is 0 Å². The molecule has 2 heteroatoms. The normalized spacial score (nSPS) is 11.7. The molecule has 91 valence electrons. The van der Waals surface area contributed by atoms with E-state index >= 15 is 0 Å². The van der Waals surface area contributed by atoms with Gasteiger partial charge >= 0.3 is 7.56 Å². The molecule has 0 aromatic heterocycles. The van der Waals surface area contributed by atoms with Crippen molar-refractivity contribution < 1.29 is 4.32 Å². The third-order valence-corrected chi connectivity index (χ3v) is 2.90. The summed E-state index contributed by atoms with van der Waals surface area (Å²) >= 11 is 0. The van der Waals surface area contributed by atoms with Crippen LogP contribution < -0.4 is 0 Å². The van der Waals surface area contributed by atoms with Crippen molar-refractivity contribution in [2.75, 3.05) is 0 Å². The van der Waals surface area contributed by atoms with Gasteiger partial charge in [-0.15, -0.1) is 11.7 Å². The van der Waals surface area contributed by atoms with E-state index in [0.29, 0.717) is 13.5 Å². The van der Waals surface area contributed by atoms with Crippen LogP contribution in [0, 0.1) is 17.7 Å². The highest BCUT2D eigenvalue weighted by Crippen LogP contribution is 2.17. The Kier molecular flexibility index (Phi) is 12.3. The summed E-state index contributed by atoms with van der Waals surface area (Å²) in [6.45, 7) is 4.42. The Bertz CT molecular complexity index is 193. The van der Waals surface area contributed by atoms with Crippen molar-refractivity contribution in [3.05, 3.63) is 0 Å². The average Bonchev–Trinajstić information content (AvgIpc) is 2.31. The van der Waals surface area contributed by atoms with E-state index in [2.05, 4.69) is 25.6 Å². The summed E-state index contributed by atoms with van der Waals surface area (Å²) in [5, 5.41) is 0. The van der Waals surface area contributed by atoms with Crippen molar-refractivity contribution in [1.82, 2.24) is 0 Å². The van der Waals surface area contributed by atoms with Crippen LogP contribution in [0.2, 0.25) is 0 Å². The zero-order valence-electron chi connectivity index (χ0n) is 10.9. The van der Waals surface area contributed by atoms with Crippen LogP contribution in [0.5, 0.6) is 0 Å². The molecule has 0 saturated carbocycles. The van der Waals surface area contributed by atoms with Crippen LogP contribution >= 0.6 is 0 Å². The van der Waals surface area contributed by atoms with Gasteiger partial charge in [-0.1, -0.05) is 58.8 Å². The second-order valence-corrected chi connectivity index (χ2v) is 4.44. The highest BCUT2D eigenvalue weighted by molar-refractivity contribution is 6.37. The van der Waals surface area contributed by atoms with Gasteiger partial charge in [-0.05, 0) is 12.8 Å². The smallest absolute Gasteiger partial charge is 0.322 e. The maximum absolute atomic E-state index is 11.9. The predicted octanol–water partition coefficient (Wildman–Crippen LogP) is 4.70. The minimum Gasteiger partial charge on any atom is -0.322 e. The van der Waals surface area contributed by atoms with E-state index in [9.17, 15) is 4.32 Å². The third kappa shape index (κ3) is 10.1. The van der Waals surface area contributed by atoms with E-state index in [1.807, 2.05) is 0 Å². The standard InChI is InChI=1S/C14H25BF/c1-3-5-7-9-11-14(12-13-15-16)10-8-6-4-2/h14H,3-11H2,1-2H3. The van der Waals surface area contributed by atoms with Gasteiger partial charge in [-0.2, -0.15) is 0 Å². The Morgan fingerprint density at radius 2 is 1.50 bits per heavy atom. The summed E-state index contributed by atoms with van der Waals surface area (Å²) in [5.74, 6) is 5.91. The maximum atomic E-state index is 11.9. The number of hydrogen-bond acceptors (Lipinski definition) is 0. The number of halogens is 1. The quantitative estimate of drug-likeness (QED) is 0.302. The lowest BCUT2D eigenvalue weighted by Crippen LogP contribution is -1.98. The molecule has 0 nitrogen and oxygen atoms in total. The van der Waals surface area contributed by atoms with E-state index in [1.54, 1.807) is 0 Å². The summed E-state index contributed by atoms with van der Waals surface area (Å²) in [6, 6.07) is 0. The van der Waals surface area contributed by atoms with E-state index in [0.717, 1.165) is 12.8 Å². The Morgan fingerprint density at radius 1 is 0.938 bits per heavy atom. The first-order valence-corrected chi connectivity index (χ1v) is 6.78. The lowest BCUT2D eigenvalue weighted by Gasteiger charge is -2.09. The minimum absolute atomic E-state index is 0.412. The van der Waals surface area contributed by atoms with Gasteiger partial charge in [-0.3, -0.25) is 0 Å². The number of hydrogen-bond donors (Lipinski definition) is 0. The van der Waals surface area contributed by atoms with Gasteiger partial charge in [0.05, 0.1) is 0 Å². The molecule has 0 fully saturated rings. The molecule has 0 amide bonds. The molecule has 1 atom stereocenters. The fraction of sp³-hybridized carbons (Fsp3) is 0.857. The molecule has 0 aliphatic carbocycles. The van der Waals surface area contributed by atoms with Gasteiger partial charge in [0.2, 0.25) is 0 Å². The Hall–Kier alpha value is -0.445. The fourth-order valence-electron chi connectivity index (χ4n) is 1.90. The molecule has 0 aliphatic heterocycles. The van der Waals surface area contributed by atoms with Crippen molar-refractivity contribution in [3.8, 4) is 11.7 Å². The van der Waals surface area contributed by atoms with Crippen LogP contribution in [-0.4, -0.2) is 7.56 Å². The predicted molar refractivity (Wildman–Crippen MR) is 71.0 cm³/mol. The summed E-state index contributed by atoms with van der Waals surface area (Å²) in [6.07, 6.45) is 11.1. The molecule has 0 saturated heterocycles. The Labute approximate surface area is 102 Å². The summed E-state index contributed by atoms with van der Waals surface area (Å²) in [7, 11) is 0.471. The highest BCUT2D eigenvalue weighted by atomic mass is 19.1. The summed E-state index contributed by atoms with van der Waals surface area (Å²) < 4.78 is 11.9. The molecule has 0 spiro atoms. The number of rotatable bonds is 9. The molecule has 0 heterocycles. The van der Waals surface area contributed by atoms with Crippen molar-refractivity contribution in [3.63, 3.8) is 0 Å². The van der Waals surface area contributed by atoms with Crippen molar-refractivity contribution >= 4 is 7.56 Å². The van der Waals surface area contributed by atoms with Crippen molar-refractivity contribution in [1.29, 1.82) is 0 Å². The topological polar surface area (TPSA) is 0 Å². The number of unbranched alkanes of at least 4 members (excludes halogenated alkanes) is 5. The molecule has 0 aliphatic rings. The first-order chi connectivity index (χ1) is 7.85. The van der Waals surface area contributed by atoms with Crippen LogP contribution in [0.3, 0.4) is 0 Å². The molecule has 16 heavy (non-hydrogen) atoms. The van der Waals surface area contributed by atoms with E-state index < -0.39 is 0 Å². The average molecular weight is 223 g/mol. The molecule has 1 radical (unpaired) electrons. The first-order valence-electron chi connectivity index (χ1n) is 6.78. The van der Waals surface area contributed by atoms with Gasteiger partial charge in [0.25, 0.3) is 0 Å². The lowest BCUT2D eigenvalue weighted by atomic mass is 9.93. The Morgan fingerprint density at radius 3 is 2.06 bits per heavy atom. The van der Waals surface area contributed by atoms with Crippen molar-refractivity contribution in [2.45, 2.75) is 71.6 Å². The van der Waals surface area contributed by atoms with Crippen LogP contribution in [-0.2, 0) is 0 Å². The van der Waals surface area contributed by atoms with E-state index in [-0.39, 0.29) is 0 Å². The second-order valence-electron chi connectivity index (χ2n) is 4.44. The molecule has 0 rings (SSSR count). The van der Waals surface area contributed by atoms with E-state index in [4.69, 9.17) is 0 Å². The molecular formula is C14H25BF. The van der Waals surface area contributed by atoms with Gasteiger partial charge < -0.3 is 4.32 Å². The summed E-state index contributed by atoms with van der Waals surface area (Å²) in [4.78, 5) is 0. The molecular weight excluding hydrogens is 198 g/mol. The SMILES string of the molecule is CCCCCCC(C#C[B]F)CCCCC. The lowest BCUT2D eigenvalue weighted by molar-refractivity contribution is 0.489. The van der Waals surface area contributed by atoms with Crippen LogP contribution in [0.25, 0.3) is 0 Å². The maximum Gasteiger partial charge on any atom is 0.449 e. The largest absolute Gasteiger partial charge is 0.449 e. The molecule has 1 unspecified atom stereocenters. The highest BCUT2D eigenvalue weighted by Gasteiger charge is 2.04. The van der Waals surface area contributed by atoms with Crippen LogP contribution in [0.1, 0.15) is 71.6 Å². The van der Waals surface area contributed by atoms with Gasteiger partial charge in [0, 0.05) is 5.92 Å². The second kappa shape index (κ2) is 12.6. The van der Waals surface area contributed by atoms with Gasteiger partial charge in [0.1, 0.15) is 0 Å². The molecule has 0 aromatic carbocycles. The monoisotopic (exact) mass is 223 g/mol. The Balaban J connectivity index is 3.72. The zero-order chi connectivity index (χ0) is 12.1. The minimum atomic E-state index is 0.412. The molecule has 0 aromatic rings. The first kappa shape index (κ1) is 15.6. The van der Waals surface area contributed by atoms with Crippen LogP contribution in [0.15, 0.2) is 0 Å².